The van der Waals surface area contributed by atoms with Crippen LogP contribution in [0.5, 0.6) is 0 Å². The maximum absolute atomic E-state index is 6.16. The molecule has 0 bridgehead atoms. The van der Waals surface area contributed by atoms with Crippen molar-refractivity contribution < 1.29 is 9.26 Å². The van der Waals surface area contributed by atoms with Crippen molar-refractivity contribution in [3.05, 3.63) is 11.7 Å². The monoisotopic (exact) mass is 225 g/mol. The highest BCUT2D eigenvalue weighted by Gasteiger charge is 2.29. The van der Waals surface area contributed by atoms with E-state index < -0.39 is 0 Å². The fourth-order valence-corrected chi connectivity index (χ4v) is 2.06. The summed E-state index contributed by atoms with van der Waals surface area (Å²) in [7, 11) is 0. The van der Waals surface area contributed by atoms with Crippen LogP contribution in [0.4, 0.5) is 0 Å². The summed E-state index contributed by atoms with van der Waals surface area (Å²) < 4.78 is 10.6. The van der Waals surface area contributed by atoms with E-state index in [2.05, 4.69) is 10.1 Å². The normalized spacial score (nSPS) is 19.1. The Balaban J connectivity index is 1.75. The van der Waals surface area contributed by atoms with E-state index in [1.165, 1.54) is 12.8 Å². The third-order valence-corrected chi connectivity index (χ3v) is 3.04. The number of hydrogen-bond acceptors (Lipinski definition) is 5. The zero-order valence-electron chi connectivity index (χ0n) is 9.74. The van der Waals surface area contributed by atoms with E-state index in [4.69, 9.17) is 15.0 Å². The van der Waals surface area contributed by atoms with Crippen molar-refractivity contribution >= 4 is 0 Å². The SMILES string of the molecule is CCc1noc(COCC2(N)CCCC2)n1. The minimum absolute atomic E-state index is 0.131. The van der Waals surface area contributed by atoms with Gasteiger partial charge in [-0.1, -0.05) is 24.9 Å². The van der Waals surface area contributed by atoms with Crippen molar-refractivity contribution in [1.29, 1.82) is 0 Å². The first-order chi connectivity index (χ1) is 7.72. The molecular weight excluding hydrogens is 206 g/mol. The summed E-state index contributed by atoms with van der Waals surface area (Å²) in [6.07, 6.45) is 5.30. The minimum Gasteiger partial charge on any atom is -0.370 e. The van der Waals surface area contributed by atoms with Crippen LogP contribution in [-0.4, -0.2) is 22.3 Å². The zero-order valence-corrected chi connectivity index (χ0v) is 9.74. The van der Waals surface area contributed by atoms with Crippen LogP contribution in [0.3, 0.4) is 0 Å². The van der Waals surface area contributed by atoms with Crippen LogP contribution in [-0.2, 0) is 17.8 Å². The molecule has 1 saturated carbocycles. The zero-order chi connectivity index (χ0) is 11.4. The summed E-state index contributed by atoms with van der Waals surface area (Å²) in [4.78, 5) is 4.17. The van der Waals surface area contributed by atoms with Gasteiger partial charge < -0.3 is 15.0 Å². The van der Waals surface area contributed by atoms with Crippen LogP contribution in [0, 0.1) is 0 Å². The van der Waals surface area contributed by atoms with Crippen LogP contribution in [0.25, 0.3) is 0 Å². The molecule has 5 heteroatoms. The van der Waals surface area contributed by atoms with E-state index >= 15 is 0 Å². The van der Waals surface area contributed by atoms with Crippen molar-refractivity contribution in [2.45, 2.75) is 51.2 Å². The fraction of sp³-hybridized carbons (Fsp3) is 0.818. The molecule has 1 aliphatic carbocycles. The molecule has 1 aromatic rings. The molecule has 1 heterocycles. The fourth-order valence-electron chi connectivity index (χ4n) is 2.06. The lowest BCUT2D eigenvalue weighted by atomic mass is 10.0. The Morgan fingerprint density at radius 3 is 2.81 bits per heavy atom. The van der Waals surface area contributed by atoms with Gasteiger partial charge in [-0.3, -0.25) is 0 Å². The summed E-state index contributed by atoms with van der Waals surface area (Å²) in [5.41, 5.74) is 6.03. The molecule has 2 N–H and O–H groups in total. The van der Waals surface area contributed by atoms with Gasteiger partial charge in [-0.05, 0) is 12.8 Å². The average molecular weight is 225 g/mol. The van der Waals surface area contributed by atoms with E-state index in [1.54, 1.807) is 0 Å². The van der Waals surface area contributed by atoms with Gasteiger partial charge in [-0.25, -0.2) is 0 Å². The Bertz CT molecular complexity index is 332. The molecule has 0 aliphatic heterocycles. The van der Waals surface area contributed by atoms with E-state index in [0.29, 0.717) is 19.1 Å². The van der Waals surface area contributed by atoms with Gasteiger partial charge in [0, 0.05) is 12.0 Å². The highest BCUT2D eigenvalue weighted by Crippen LogP contribution is 2.27. The molecule has 2 rings (SSSR count). The third kappa shape index (κ3) is 2.80. The van der Waals surface area contributed by atoms with Crippen LogP contribution < -0.4 is 5.73 Å². The molecule has 16 heavy (non-hydrogen) atoms. The van der Waals surface area contributed by atoms with Crippen molar-refractivity contribution in [3.63, 3.8) is 0 Å². The van der Waals surface area contributed by atoms with Crippen LogP contribution >= 0.6 is 0 Å². The van der Waals surface area contributed by atoms with Crippen LogP contribution in [0.1, 0.15) is 44.3 Å². The van der Waals surface area contributed by atoms with E-state index in [0.717, 1.165) is 25.1 Å². The Labute approximate surface area is 95.3 Å². The molecule has 1 aromatic heterocycles. The Kier molecular flexibility index (Phi) is 3.56. The lowest BCUT2D eigenvalue weighted by Gasteiger charge is -2.22. The molecule has 1 aliphatic rings. The quantitative estimate of drug-likeness (QED) is 0.820. The summed E-state index contributed by atoms with van der Waals surface area (Å²) in [5, 5.41) is 3.81. The van der Waals surface area contributed by atoms with Gasteiger partial charge in [0.1, 0.15) is 6.61 Å². The van der Waals surface area contributed by atoms with Crippen molar-refractivity contribution in [1.82, 2.24) is 10.1 Å². The first-order valence-corrected chi connectivity index (χ1v) is 5.90. The van der Waals surface area contributed by atoms with E-state index in [9.17, 15) is 0 Å². The van der Waals surface area contributed by atoms with Crippen molar-refractivity contribution in [2.75, 3.05) is 6.61 Å². The summed E-state index contributed by atoms with van der Waals surface area (Å²) in [5.74, 6) is 1.26. The second kappa shape index (κ2) is 4.93. The molecule has 0 radical (unpaired) electrons. The average Bonchev–Trinajstić information content (AvgIpc) is 2.88. The first-order valence-electron chi connectivity index (χ1n) is 5.90. The molecule has 0 saturated heterocycles. The number of hydrogen-bond donors (Lipinski definition) is 1. The summed E-state index contributed by atoms with van der Waals surface area (Å²) in [6, 6.07) is 0. The minimum atomic E-state index is -0.131. The van der Waals surface area contributed by atoms with Gasteiger partial charge >= 0.3 is 0 Å². The standard InChI is InChI=1S/C11H19N3O2/c1-2-9-13-10(16-14-9)7-15-8-11(12)5-3-4-6-11/h2-8,12H2,1H3. The first kappa shape index (κ1) is 11.5. The molecule has 90 valence electrons. The Morgan fingerprint density at radius 2 is 2.19 bits per heavy atom. The summed E-state index contributed by atoms with van der Waals surface area (Å²) >= 11 is 0. The largest absolute Gasteiger partial charge is 0.370 e. The smallest absolute Gasteiger partial charge is 0.252 e. The van der Waals surface area contributed by atoms with Crippen LogP contribution in [0.2, 0.25) is 0 Å². The van der Waals surface area contributed by atoms with Gasteiger partial charge in [0.2, 0.25) is 0 Å². The number of rotatable bonds is 5. The number of nitrogens with zero attached hydrogens (tertiary/aromatic N) is 2. The third-order valence-electron chi connectivity index (χ3n) is 3.04. The molecule has 1 fully saturated rings. The number of aromatic nitrogens is 2. The molecule has 0 unspecified atom stereocenters. The second-order valence-corrected chi connectivity index (χ2v) is 4.52. The Hall–Kier alpha value is -0.940. The molecule has 0 spiro atoms. The maximum atomic E-state index is 6.16. The van der Waals surface area contributed by atoms with E-state index in [-0.39, 0.29) is 5.54 Å². The predicted octanol–water partition coefficient (Wildman–Crippen LogP) is 1.42. The number of ether oxygens (including phenoxy) is 1. The highest BCUT2D eigenvalue weighted by molar-refractivity contribution is 4.89. The molecular formula is C11H19N3O2. The van der Waals surface area contributed by atoms with Crippen molar-refractivity contribution in [2.24, 2.45) is 5.73 Å². The molecule has 5 nitrogen and oxygen atoms in total. The second-order valence-electron chi connectivity index (χ2n) is 4.52. The molecule has 0 atom stereocenters. The van der Waals surface area contributed by atoms with Crippen LogP contribution in [0.15, 0.2) is 4.52 Å². The lowest BCUT2D eigenvalue weighted by Crippen LogP contribution is -2.41. The highest BCUT2D eigenvalue weighted by atomic mass is 16.5. The predicted molar refractivity (Wildman–Crippen MR) is 58.7 cm³/mol. The van der Waals surface area contributed by atoms with Gasteiger partial charge in [0.15, 0.2) is 5.82 Å². The Morgan fingerprint density at radius 1 is 1.44 bits per heavy atom. The number of nitrogens with two attached hydrogens (primary N) is 1. The maximum Gasteiger partial charge on any atom is 0.252 e. The topological polar surface area (TPSA) is 74.2 Å². The van der Waals surface area contributed by atoms with E-state index in [1.807, 2.05) is 6.92 Å². The lowest BCUT2D eigenvalue weighted by molar-refractivity contribution is 0.0588. The van der Waals surface area contributed by atoms with Gasteiger partial charge in [-0.15, -0.1) is 0 Å². The molecule has 0 aromatic carbocycles. The molecule has 0 amide bonds. The summed E-state index contributed by atoms with van der Waals surface area (Å²) in [6.45, 7) is 2.94. The van der Waals surface area contributed by atoms with Gasteiger partial charge in [0.25, 0.3) is 5.89 Å². The van der Waals surface area contributed by atoms with Gasteiger partial charge in [-0.2, -0.15) is 4.98 Å². The van der Waals surface area contributed by atoms with Gasteiger partial charge in [0.05, 0.1) is 6.61 Å². The van der Waals surface area contributed by atoms with Crippen molar-refractivity contribution in [3.8, 4) is 0 Å². The number of aryl methyl sites for hydroxylation is 1.